The van der Waals surface area contributed by atoms with Crippen molar-refractivity contribution in [2.45, 2.75) is 59.0 Å². The van der Waals surface area contributed by atoms with Crippen LogP contribution in [0, 0.1) is 5.92 Å². The van der Waals surface area contributed by atoms with Crippen molar-refractivity contribution < 1.29 is 0 Å². The normalized spacial score (nSPS) is 30.4. The molecule has 90 valence electrons. The third-order valence-electron chi connectivity index (χ3n) is 3.97. The molecular weight excluding hydrogens is 184 g/mol. The zero-order valence-electron chi connectivity index (χ0n) is 10.9. The molecule has 1 saturated heterocycles. The van der Waals surface area contributed by atoms with Crippen LogP contribution in [-0.2, 0) is 0 Å². The van der Waals surface area contributed by atoms with Crippen molar-refractivity contribution in [1.82, 2.24) is 10.2 Å². The Bertz CT molecular complexity index is 170. The van der Waals surface area contributed by atoms with Gasteiger partial charge in [0, 0.05) is 18.6 Å². The van der Waals surface area contributed by atoms with Crippen molar-refractivity contribution in [3.63, 3.8) is 0 Å². The quantitative estimate of drug-likeness (QED) is 0.753. The number of piperidine rings is 1. The summed E-state index contributed by atoms with van der Waals surface area (Å²) < 4.78 is 0. The molecule has 0 aromatic rings. The van der Waals surface area contributed by atoms with Gasteiger partial charge >= 0.3 is 0 Å². The molecule has 3 atom stereocenters. The molecule has 1 rings (SSSR count). The van der Waals surface area contributed by atoms with E-state index in [-0.39, 0.29) is 0 Å². The predicted molar refractivity (Wildman–Crippen MR) is 67.2 cm³/mol. The average molecular weight is 212 g/mol. The molecule has 15 heavy (non-hydrogen) atoms. The summed E-state index contributed by atoms with van der Waals surface area (Å²) in [4.78, 5) is 2.67. The smallest absolute Gasteiger partial charge is 0.0119 e. The van der Waals surface area contributed by atoms with Gasteiger partial charge in [-0.3, -0.25) is 0 Å². The largest absolute Gasteiger partial charge is 0.314 e. The van der Waals surface area contributed by atoms with E-state index in [4.69, 9.17) is 0 Å². The summed E-state index contributed by atoms with van der Waals surface area (Å²) >= 11 is 0. The molecule has 0 saturated carbocycles. The molecule has 0 bridgehead atoms. The van der Waals surface area contributed by atoms with Crippen LogP contribution in [0.1, 0.15) is 47.0 Å². The Morgan fingerprint density at radius 3 is 2.60 bits per heavy atom. The molecule has 1 aliphatic heterocycles. The van der Waals surface area contributed by atoms with Crippen LogP contribution in [0.25, 0.3) is 0 Å². The first-order chi connectivity index (χ1) is 7.22. The van der Waals surface area contributed by atoms with Crippen molar-refractivity contribution in [2.24, 2.45) is 5.92 Å². The van der Waals surface area contributed by atoms with E-state index in [0.717, 1.165) is 24.5 Å². The third kappa shape index (κ3) is 3.46. The molecule has 1 N–H and O–H groups in total. The molecule has 0 aromatic carbocycles. The second-order valence-electron chi connectivity index (χ2n) is 4.87. The van der Waals surface area contributed by atoms with Gasteiger partial charge in [-0.15, -0.1) is 0 Å². The molecular formula is C13H28N2. The average Bonchev–Trinajstić information content (AvgIpc) is 2.29. The van der Waals surface area contributed by atoms with Gasteiger partial charge in [0.2, 0.25) is 0 Å². The van der Waals surface area contributed by atoms with Crippen molar-refractivity contribution in [2.75, 3.05) is 19.6 Å². The van der Waals surface area contributed by atoms with Gasteiger partial charge in [0.15, 0.2) is 0 Å². The standard InChI is InChI=1S/C13H28N2/c1-5-11(4)15-9-8-13(14-7-3)12(6-2)10-15/h11-14H,5-10H2,1-4H3. The molecule has 0 spiro atoms. The fraction of sp³-hybridized carbons (Fsp3) is 1.00. The topological polar surface area (TPSA) is 15.3 Å². The van der Waals surface area contributed by atoms with Gasteiger partial charge in [-0.25, -0.2) is 0 Å². The van der Waals surface area contributed by atoms with Gasteiger partial charge in [0.25, 0.3) is 0 Å². The van der Waals surface area contributed by atoms with E-state index in [2.05, 4.69) is 37.9 Å². The zero-order valence-corrected chi connectivity index (χ0v) is 10.9. The van der Waals surface area contributed by atoms with Gasteiger partial charge in [0.1, 0.15) is 0 Å². The summed E-state index contributed by atoms with van der Waals surface area (Å²) in [5, 5.41) is 3.64. The molecule has 0 aromatic heterocycles. The molecule has 2 heteroatoms. The second-order valence-corrected chi connectivity index (χ2v) is 4.87. The fourth-order valence-electron chi connectivity index (χ4n) is 2.66. The first kappa shape index (κ1) is 13.0. The highest BCUT2D eigenvalue weighted by Crippen LogP contribution is 2.22. The Hall–Kier alpha value is -0.0800. The summed E-state index contributed by atoms with van der Waals surface area (Å²) in [6.45, 7) is 12.9. The minimum atomic E-state index is 0.764. The number of nitrogens with one attached hydrogen (secondary N) is 1. The van der Waals surface area contributed by atoms with Crippen molar-refractivity contribution in [1.29, 1.82) is 0 Å². The monoisotopic (exact) mass is 212 g/mol. The van der Waals surface area contributed by atoms with Crippen molar-refractivity contribution in [3.8, 4) is 0 Å². The molecule has 2 nitrogen and oxygen atoms in total. The molecule has 1 heterocycles. The van der Waals surface area contributed by atoms with E-state index in [0.29, 0.717) is 0 Å². The molecule has 0 amide bonds. The molecule has 1 fully saturated rings. The van der Waals surface area contributed by atoms with Crippen LogP contribution in [0.4, 0.5) is 0 Å². The van der Waals surface area contributed by atoms with E-state index < -0.39 is 0 Å². The van der Waals surface area contributed by atoms with Gasteiger partial charge < -0.3 is 10.2 Å². The predicted octanol–water partition coefficient (Wildman–Crippen LogP) is 2.49. The molecule has 0 aliphatic carbocycles. The Kier molecular flexibility index (Phi) is 5.62. The summed E-state index contributed by atoms with van der Waals surface area (Å²) in [5.41, 5.74) is 0. The lowest BCUT2D eigenvalue weighted by Gasteiger charge is -2.41. The van der Waals surface area contributed by atoms with Gasteiger partial charge in [-0.05, 0) is 38.8 Å². The summed E-state index contributed by atoms with van der Waals surface area (Å²) in [6, 6.07) is 1.53. The lowest BCUT2D eigenvalue weighted by molar-refractivity contribution is 0.0998. The van der Waals surface area contributed by atoms with Gasteiger partial charge in [-0.1, -0.05) is 27.2 Å². The Morgan fingerprint density at radius 2 is 2.07 bits per heavy atom. The maximum Gasteiger partial charge on any atom is 0.0119 e. The number of likely N-dealkylation sites (tertiary alicyclic amines) is 1. The van der Waals surface area contributed by atoms with E-state index in [1.807, 2.05) is 0 Å². The number of nitrogens with zero attached hydrogens (tertiary/aromatic N) is 1. The molecule has 3 unspecified atom stereocenters. The molecule has 1 aliphatic rings. The lowest BCUT2D eigenvalue weighted by atomic mass is 9.89. The minimum absolute atomic E-state index is 0.764. The van der Waals surface area contributed by atoms with E-state index in [9.17, 15) is 0 Å². The summed E-state index contributed by atoms with van der Waals surface area (Å²) in [7, 11) is 0. The number of hydrogen-bond donors (Lipinski definition) is 1. The summed E-state index contributed by atoms with van der Waals surface area (Å²) in [5.74, 6) is 0.854. The Balaban J connectivity index is 2.46. The highest BCUT2D eigenvalue weighted by Gasteiger charge is 2.28. The van der Waals surface area contributed by atoms with Crippen LogP contribution in [0.5, 0.6) is 0 Å². The number of rotatable bonds is 5. The van der Waals surface area contributed by atoms with Crippen LogP contribution in [0.15, 0.2) is 0 Å². The first-order valence-electron chi connectivity index (χ1n) is 6.70. The maximum atomic E-state index is 3.64. The van der Waals surface area contributed by atoms with E-state index >= 15 is 0 Å². The van der Waals surface area contributed by atoms with Crippen molar-refractivity contribution >= 4 is 0 Å². The third-order valence-corrected chi connectivity index (χ3v) is 3.97. The first-order valence-corrected chi connectivity index (χ1v) is 6.70. The molecule has 0 radical (unpaired) electrons. The Labute approximate surface area is 95.4 Å². The van der Waals surface area contributed by atoms with Crippen molar-refractivity contribution in [3.05, 3.63) is 0 Å². The van der Waals surface area contributed by atoms with Crippen LogP contribution in [0.2, 0.25) is 0 Å². The lowest BCUT2D eigenvalue weighted by Crippen LogP contribution is -2.51. The van der Waals surface area contributed by atoms with Crippen LogP contribution < -0.4 is 5.32 Å². The zero-order chi connectivity index (χ0) is 11.3. The van der Waals surface area contributed by atoms with Crippen LogP contribution in [0.3, 0.4) is 0 Å². The van der Waals surface area contributed by atoms with Gasteiger partial charge in [-0.2, -0.15) is 0 Å². The SMILES string of the molecule is CCNC1CCN(C(C)CC)CC1CC. The number of hydrogen-bond acceptors (Lipinski definition) is 2. The minimum Gasteiger partial charge on any atom is -0.314 e. The van der Waals surface area contributed by atoms with E-state index in [1.165, 1.54) is 32.4 Å². The second kappa shape index (κ2) is 6.49. The van der Waals surface area contributed by atoms with Gasteiger partial charge in [0.05, 0.1) is 0 Å². The highest BCUT2D eigenvalue weighted by molar-refractivity contribution is 4.85. The fourth-order valence-corrected chi connectivity index (χ4v) is 2.66. The van der Waals surface area contributed by atoms with Crippen LogP contribution >= 0.6 is 0 Å². The Morgan fingerprint density at radius 1 is 1.33 bits per heavy atom. The maximum absolute atomic E-state index is 3.64. The summed E-state index contributed by atoms with van der Waals surface area (Å²) in [6.07, 6.45) is 3.92. The van der Waals surface area contributed by atoms with Crippen LogP contribution in [-0.4, -0.2) is 36.6 Å². The highest BCUT2D eigenvalue weighted by atomic mass is 15.2. The van der Waals surface area contributed by atoms with E-state index in [1.54, 1.807) is 0 Å².